The third-order valence-electron chi connectivity index (χ3n) is 21.4. The molecule has 0 unspecified atom stereocenters. The molecule has 0 saturated carbocycles. The van der Waals surface area contributed by atoms with Gasteiger partial charge < -0.3 is 0 Å². The zero-order valence-electron chi connectivity index (χ0n) is 58.9. The average Bonchev–Trinajstić information content (AvgIpc) is 1.49. The molecule has 12 heteroatoms. The van der Waals surface area contributed by atoms with E-state index in [0.29, 0.717) is 5.56 Å². The fourth-order valence-electron chi connectivity index (χ4n) is 17.2. The zero-order chi connectivity index (χ0) is 67.7. The van der Waals surface area contributed by atoms with Gasteiger partial charge in [-0.05, 0) is 176 Å². The summed E-state index contributed by atoms with van der Waals surface area (Å²) in [6, 6.07) is 64.5. The Hall–Kier alpha value is -11.0. The van der Waals surface area contributed by atoms with Crippen LogP contribution in [0.3, 0.4) is 0 Å². The van der Waals surface area contributed by atoms with E-state index in [0.717, 1.165) is 89.4 Å². The van der Waals surface area contributed by atoms with Crippen molar-refractivity contribution in [3.8, 4) is 56.0 Å². The number of aryl methyl sites for hydroxylation is 7. The third-order valence-corrected chi connectivity index (χ3v) is 21.4. The van der Waals surface area contributed by atoms with Gasteiger partial charge in [-0.25, -0.2) is 28.7 Å². The van der Waals surface area contributed by atoms with Crippen LogP contribution < -0.4 is 13.7 Å². The molecule has 8 aromatic carbocycles. The van der Waals surface area contributed by atoms with Gasteiger partial charge in [-0.2, -0.15) is 0 Å². The summed E-state index contributed by atoms with van der Waals surface area (Å²) in [6.45, 7) is 20.0. The molecule has 9 aromatic heterocycles. The van der Waals surface area contributed by atoms with E-state index >= 15 is 0 Å². The SMILES string of the molecule is Cc1ccc2c3c1-c1c(c(-c4ccccc4)cc[n+]1C)C(C)(C)n3c1nc3ccccc3n21.Cc1ccc2c3c1-c1c(cc(-c4ccccc4)c[n+]1C)C(C)(C)n3c1nc3ccccc3n21.[2H]C([2H])([2H])c1c[n+](C)c2c(c1C)C(C)(C)n1c3c-2c(C)ccc3n2c3ccccc3nc12. The Morgan fingerprint density at radius 1 is 0.368 bits per heavy atom. The second-order valence-corrected chi connectivity index (χ2v) is 28.2. The summed E-state index contributed by atoms with van der Waals surface area (Å²) >= 11 is 0. The molecule has 3 aliphatic heterocycles. The Morgan fingerprint density at radius 2 is 0.768 bits per heavy atom. The number of nitrogens with zero attached hydrogens (tertiary/aromatic N) is 12. The zero-order valence-corrected chi connectivity index (χ0v) is 55.9. The van der Waals surface area contributed by atoms with Crippen LogP contribution in [-0.2, 0) is 37.8 Å². The van der Waals surface area contributed by atoms with Gasteiger partial charge in [-0.1, -0.05) is 115 Å². The first-order chi connectivity index (χ1) is 47.0. The minimum Gasteiger partial charge on any atom is -0.299 e. The molecule has 3 aliphatic rings. The van der Waals surface area contributed by atoms with Crippen LogP contribution in [0.1, 0.15) is 90.2 Å². The van der Waals surface area contributed by atoms with Crippen molar-refractivity contribution in [3.05, 3.63) is 245 Å². The van der Waals surface area contributed by atoms with Crippen LogP contribution in [0.5, 0.6) is 0 Å². The molecule has 0 bridgehead atoms. The summed E-state index contributed by atoms with van der Waals surface area (Å²) in [4.78, 5) is 15.3. The van der Waals surface area contributed by atoms with E-state index in [4.69, 9.17) is 19.1 Å². The lowest BCUT2D eigenvalue weighted by Gasteiger charge is -2.35. The van der Waals surface area contributed by atoms with Gasteiger partial charge in [-0.15, -0.1) is 0 Å². The lowest BCUT2D eigenvalue weighted by molar-refractivity contribution is -0.661. The molecule has 12 heterocycles. The molecule has 20 rings (SSSR count). The molecular weight excluding hydrogens is 1160 g/mol. The number of benzene rings is 8. The number of hydrogen-bond acceptors (Lipinski definition) is 3. The van der Waals surface area contributed by atoms with Gasteiger partial charge in [0.2, 0.25) is 34.4 Å². The van der Waals surface area contributed by atoms with Crippen LogP contribution in [0.4, 0.5) is 0 Å². The minimum atomic E-state index is -2.18. The normalized spacial score (nSPS) is 15.1. The van der Waals surface area contributed by atoms with E-state index in [9.17, 15) is 0 Å². The highest BCUT2D eigenvalue weighted by Gasteiger charge is 2.46. The molecule has 17 aromatic rings. The first-order valence-electron chi connectivity index (χ1n) is 34.5. The highest BCUT2D eigenvalue weighted by molar-refractivity contribution is 6.05. The second kappa shape index (κ2) is 19.5. The molecule has 12 nitrogen and oxygen atoms in total. The van der Waals surface area contributed by atoms with Crippen LogP contribution in [0.15, 0.2) is 201 Å². The van der Waals surface area contributed by atoms with Gasteiger partial charge in [0.1, 0.15) is 21.1 Å². The molecule has 0 amide bonds. The maximum atomic E-state index is 8.13. The Balaban J connectivity index is 0.000000107. The molecule has 0 radical (unpaired) electrons. The van der Waals surface area contributed by atoms with Crippen LogP contribution in [0.2, 0.25) is 0 Å². The number of aromatic nitrogens is 12. The minimum absolute atomic E-state index is 0.275. The molecule has 0 fully saturated rings. The summed E-state index contributed by atoms with van der Waals surface area (Å²) in [6.07, 6.45) is 6.25. The lowest BCUT2D eigenvalue weighted by Crippen LogP contribution is -2.41. The van der Waals surface area contributed by atoms with Crippen molar-refractivity contribution in [1.82, 2.24) is 41.9 Å². The van der Waals surface area contributed by atoms with Crippen LogP contribution >= 0.6 is 0 Å². The topological polar surface area (TPSA) is 78.3 Å². The van der Waals surface area contributed by atoms with Crippen molar-refractivity contribution >= 4 is 83.5 Å². The van der Waals surface area contributed by atoms with Crippen LogP contribution in [-0.4, -0.2) is 41.9 Å². The third kappa shape index (κ3) is 7.47. The molecule has 464 valence electrons. The average molecular weight is 1240 g/mol. The number of pyridine rings is 3. The standard InChI is InChI=1S/2C29H25N4.C25H25N4/c1-18-14-15-24-27-25(18)26-21(16-20(17-31(26)4)19-10-6-5-7-11-19)29(2,3)33(27)28-30-22-12-8-9-13-23(22)32(24)28;1-18-14-15-23-26-24(18)27-25(20(16-17-31(27)4)19-10-6-5-7-11-19)29(2,3)33(26)28-30-21-12-8-9-13-22(21)32(23)28;1-14-11-12-19-22-20(14)23-21(16(3)15(2)13-27(23)6)25(4,5)29(22)24-26-17-9-7-8-10-18(17)28(19)24/h2*5-17H,1-4H3;7-13H,1-6H3/q3*+1/i;;2D3. The van der Waals surface area contributed by atoms with Crippen molar-refractivity contribution in [2.24, 2.45) is 21.1 Å². The molecule has 95 heavy (non-hydrogen) atoms. The largest absolute Gasteiger partial charge is 0.299 e. The molecule has 0 N–H and O–H groups in total. The van der Waals surface area contributed by atoms with Crippen molar-refractivity contribution in [2.75, 3.05) is 0 Å². The highest BCUT2D eigenvalue weighted by atomic mass is 15.3. The maximum Gasteiger partial charge on any atom is 0.220 e. The number of rotatable bonds is 2. The molecule has 0 atom stereocenters. The van der Waals surface area contributed by atoms with Gasteiger partial charge in [0.25, 0.3) is 0 Å². The first kappa shape index (κ1) is 53.5. The number of para-hydroxylation sites is 6. The lowest BCUT2D eigenvalue weighted by atomic mass is 9.80. The second-order valence-electron chi connectivity index (χ2n) is 28.2. The van der Waals surface area contributed by atoms with Gasteiger partial charge in [-0.3, -0.25) is 26.9 Å². The van der Waals surface area contributed by atoms with Crippen molar-refractivity contribution < 1.29 is 17.8 Å². The Bertz CT molecular complexity index is 6340. The fourth-order valence-corrected chi connectivity index (χ4v) is 17.2. The predicted octanol–water partition coefficient (Wildman–Crippen LogP) is 17.0. The molecule has 0 saturated heterocycles. The summed E-state index contributed by atoms with van der Waals surface area (Å²) < 4.78 is 45.2. The quantitative estimate of drug-likeness (QED) is 0.162. The smallest absolute Gasteiger partial charge is 0.220 e. The Labute approximate surface area is 555 Å². The van der Waals surface area contributed by atoms with E-state index in [2.05, 4.69) is 289 Å². The summed E-state index contributed by atoms with van der Waals surface area (Å²) in [7, 11) is 6.31. The molecular formula is C83H75N12+3. The predicted molar refractivity (Wildman–Crippen MR) is 384 cm³/mol. The Kier molecular flexibility index (Phi) is 11.0. The molecule has 0 spiro atoms. The maximum absolute atomic E-state index is 8.13. The van der Waals surface area contributed by atoms with E-state index in [1.165, 1.54) is 89.1 Å². The van der Waals surface area contributed by atoms with Crippen molar-refractivity contribution in [3.63, 3.8) is 0 Å². The van der Waals surface area contributed by atoms with Crippen LogP contribution in [0, 0.1) is 34.5 Å². The first-order valence-corrected chi connectivity index (χ1v) is 33.0. The number of hydrogen-bond donors (Lipinski definition) is 0. The molecule has 0 aliphatic carbocycles. The van der Waals surface area contributed by atoms with Gasteiger partial charge in [0.15, 0.2) is 18.6 Å². The van der Waals surface area contributed by atoms with E-state index in [-0.39, 0.29) is 11.1 Å². The van der Waals surface area contributed by atoms with Crippen LogP contribution in [0.25, 0.3) is 140 Å². The van der Waals surface area contributed by atoms with Gasteiger partial charge >= 0.3 is 0 Å². The Morgan fingerprint density at radius 3 is 1.24 bits per heavy atom. The summed E-state index contributed by atoms with van der Waals surface area (Å²) in [5.74, 6) is 2.88. The van der Waals surface area contributed by atoms with E-state index < -0.39 is 12.4 Å². The van der Waals surface area contributed by atoms with Crippen molar-refractivity contribution in [2.45, 2.75) is 92.7 Å². The number of fused-ring (bicyclic) bond motifs is 21. The number of imidazole rings is 6. The van der Waals surface area contributed by atoms with E-state index in [1.54, 1.807) is 6.20 Å². The van der Waals surface area contributed by atoms with Gasteiger partial charge in [0, 0.05) is 21.3 Å². The van der Waals surface area contributed by atoms with E-state index in [1.807, 2.05) is 36.7 Å². The monoisotopic (exact) mass is 1240 g/mol. The van der Waals surface area contributed by atoms with Gasteiger partial charge in [0.05, 0.1) is 116 Å². The van der Waals surface area contributed by atoms with Crippen molar-refractivity contribution in [1.29, 1.82) is 0 Å². The fraction of sp³-hybridized carbons (Fsp3) is 0.205. The highest BCUT2D eigenvalue weighted by Crippen LogP contribution is 2.52. The summed E-state index contributed by atoms with van der Waals surface area (Å²) in [5, 5.41) is 0. The summed E-state index contributed by atoms with van der Waals surface area (Å²) in [5.41, 5.74) is 33.6.